The molecule has 1 heterocycles. The number of hydrogen-bond donors (Lipinski definition) is 1. The van der Waals surface area contributed by atoms with E-state index in [4.69, 9.17) is 0 Å². The van der Waals surface area contributed by atoms with Gasteiger partial charge in [0.15, 0.2) is 5.82 Å². The molecule has 1 aromatic heterocycles. The molecule has 0 radical (unpaired) electrons. The normalized spacial score (nSPS) is 9.62. The van der Waals surface area contributed by atoms with Crippen molar-refractivity contribution in [2.45, 2.75) is 0 Å². The Kier molecular flexibility index (Phi) is 2.77. The first-order chi connectivity index (χ1) is 5.77. The maximum absolute atomic E-state index is 12.9. The first kappa shape index (κ1) is 9.85. The standard InChI is InChI=1S/C8H5FN2O.BrH/c9-5-2-1-3-6-8(5)10-4-7(12)11-6;/h1-4H,(H,11,12);1H. The largest absolute Gasteiger partial charge is 0.319 e. The van der Waals surface area contributed by atoms with Crippen LogP contribution in [0.4, 0.5) is 4.39 Å². The van der Waals surface area contributed by atoms with Crippen molar-refractivity contribution in [2.24, 2.45) is 0 Å². The summed E-state index contributed by atoms with van der Waals surface area (Å²) in [4.78, 5) is 16.9. The van der Waals surface area contributed by atoms with E-state index in [9.17, 15) is 9.18 Å². The lowest BCUT2D eigenvalue weighted by Crippen LogP contribution is -2.05. The number of nitrogens with one attached hydrogen (secondary N) is 1. The molecule has 0 saturated heterocycles. The zero-order valence-electron chi connectivity index (χ0n) is 6.45. The summed E-state index contributed by atoms with van der Waals surface area (Å²) in [5.41, 5.74) is 0.285. The van der Waals surface area contributed by atoms with Crippen LogP contribution in [-0.2, 0) is 0 Å². The quantitative estimate of drug-likeness (QED) is 0.766. The molecule has 0 aliphatic heterocycles. The number of aromatic nitrogens is 2. The molecule has 0 bridgehead atoms. The third-order valence-electron chi connectivity index (χ3n) is 1.56. The fourth-order valence-corrected chi connectivity index (χ4v) is 1.04. The second-order valence-electron chi connectivity index (χ2n) is 2.38. The van der Waals surface area contributed by atoms with Gasteiger partial charge in [0.1, 0.15) is 5.52 Å². The Bertz CT molecular complexity index is 483. The maximum Gasteiger partial charge on any atom is 0.266 e. The molecule has 0 atom stereocenters. The van der Waals surface area contributed by atoms with Gasteiger partial charge in [-0.25, -0.2) is 9.37 Å². The van der Waals surface area contributed by atoms with Crippen LogP contribution in [0.3, 0.4) is 0 Å². The molecular formula is C8H6BrFN2O. The van der Waals surface area contributed by atoms with Crippen molar-refractivity contribution in [1.82, 2.24) is 9.97 Å². The van der Waals surface area contributed by atoms with E-state index in [0.29, 0.717) is 5.52 Å². The third kappa shape index (κ3) is 1.75. The SMILES string of the molecule is Br.O=c1cnc2c(F)cccc2[nH]1. The second-order valence-corrected chi connectivity index (χ2v) is 2.38. The summed E-state index contributed by atoms with van der Waals surface area (Å²) in [5.74, 6) is -0.427. The highest BCUT2D eigenvalue weighted by Gasteiger charge is 1.99. The number of halogens is 2. The van der Waals surface area contributed by atoms with Crippen molar-refractivity contribution in [3.63, 3.8) is 0 Å². The average Bonchev–Trinajstić information content (AvgIpc) is 2.04. The number of nitrogens with zero attached hydrogens (tertiary/aromatic N) is 1. The van der Waals surface area contributed by atoms with Crippen LogP contribution in [0.2, 0.25) is 0 Å². The zero-order valence-corrected chi connectivity index (χ0v) is 8.16. The van der Waals surface area contributed by atoms with E-state index in [1.165, 1.54) is 12.1 Å². The molecule has 0 aliphatic rings. The van der Waals surface area contributed by atoms with Crippen LogP contribution in [-0.4, -0.2) is 9.97 Å². The minimum absolute atomic E-state index is 0. The molecule has 0 fully saturated rings. The summed E-state index contributed by atoms with van der Waals surface area (Å²) in [6.45, 7) is 0. The van der Waals surface area contributed by atoms with Crippen LogP contribution in [0, 0.1) is 5.82 Å². The topological polar surface area (TPSA) is 45.8 Å². The van der Waals surface area contributed by atoms with Crippen LogP contribution < -0.4 is 5.56 Å². The first-order valence-electron chi connectivity index (χ1n) is 3.41. The summed E-state index contributed by atoms with van der Waals surface area (Å²) in [7, 11) is 0. The summed E-state index contributed by atoms with van der Waals surface area (Å²) in [6.07, 6.45) is 1.06. The van der Waals surface area contributed by atoms with E-state index in [1.807, 2.05) is 0 Å². The predicted octanol–water partition coefficient (Wildman–Crippen LogP) is 1.64. The molecule has 0 unspecified atom stereocenters. The molecule has 3 nitrogen and oxygen atoms in total. The van der Waals surface area contributed by atoms with Gasteiger partial charge >= 0.3 is 0 Å². The molecule has 1 aromatic carbocycles. The molecule has 0 aliphatic carbocycles. The Morgan fingerprint density at radius 3 is 2.92 bits per heavy atom. The Hall–Kier alpha value is -1.23. The summed E-state index contributed by atoms with van der Waals surface area (Å²) in [6, 6.07) is 4.43. The van der Waals surface area contributed by atoms with Gasteiger partial charge in [0.25, 0.3) is 5.56 Å². The fourth-order valence-electron chi connectivity index (χ4n) is 1.04. The van der Waals surface area contributed by atoms with E-state index in [1.54, 1.807) is 6.07 Å². The van der Waals surface area contributed by atoms with Crippen molar-refractivity contribution >= 4 is 28.0 Å². The monoisotopic (exact) mass is 244 g/mol. The van der Waals surface area contributed by atoms with Crippen LogP contribution in [0.1, 0.15) is 0 Å². The molecule has 13 heavy (non-hydrogen) atoms. The predicted molar refractivity (Wildman–Crippen MR) is 52.6 cm³/mol. The van der Waals surface area contributed by atoms with Gasteiger partial charge in [-0.3, -0.25) is 4.79 Å². The van der Waals surface area contributed by atoms with Crippen LogP contribution >= 0.6 is 17.0 Å². The number of benzene rings is 1. The van der Waals surface area contributed by atoms with Gasteiger partial charge in [-0.05, 0) is 12.1 Å². The summed E-state index contributed by atoms with van der Waals surface area (Å²) < 4.78 is 12.9. The van der Waals surface area contributed by atoms with Gasteiger partial charge in [0, 0.05) is 0 Å². The molecule has 5 heteroatoms. The van der Waals surface area contributed by atoms with E-state index in [0.717, 1.165) is 6.20 Å². The maximum atomic E-state index is 12.9. The van der Waals surface area contributed by atoms with Crippen molar-refractivity contribution in [3.05, 3.63) is 40.6 Å². The minimum atomic E-state index is -0.427. The Labute approximate surface area is 83.4 Å². The van der Waals surface area contributed by atoms with Crippen molar-refractivity contribution in [2.75, 3.05) is 0 Å². The van der Waals surface area contributed by atoms with E-state index >= 15 is 0 Å². The number of fused-ring (bicyclic) bond motifs is 1. The number of para-hydroxylation sites is 1. The Morgan fingerprint density at radius 2 is 2.15 bits per heavy atom. The number of aromatic amines is 1. The van der Waals surface area contributed by atoms with Gasteiger partial charge < -0.3 is 4.98 Å². The lowest BCUT2D eigenvalue weighted by atomic mass is 10.3. The molecular weight excluding hydrogens is 239 g/mol. The van der Waals surface area contributed by atoms with Crippen molar-refractivity contribution in [1.29, 1.82) is 0 Å². The molecule has 2 rings (SSSR count). The number of hydrogen-bond acceptors (Lipinski definition) is 2. The van der Waals surface area contributed by atoms with Gasteiger partial charge in [-0.15, -0.1) is 17.0 Å². The first-order valence-corrected chi connectivity index (χ1v) is 3.41. The molecule has 0 amide bonds. The lowest BCUT2D eigenvalue weighted by Gasteiger charge is -1.95. The highest BCUT2D eigenvalue weighted by molar-refractivity contribution is 8.93. The lowest BCUT2D eigenvalue weighted by molar-refractivity contribution is 0.636. The molecule has 68 valence electrons. The third-order valence-corrected chi connectivity index (χ3v) is 1.56. The molecule has 0 saturated carbocycles. The number of rotatable bonds is 0. The van der Waals surface area contributed by atoms with Gasteiger partial charge in [-0.1, -0.05) is 6.07 Å². The highest BCUT2D eigenvalue weighted by Crippen LogP contribution is 2.09. The van der Waals surface area contributed by atoms with Gasteiger partial charge in [-0.2, -0.15) is 0 Å². The minimum Gasteiger partial charge on any atom is -0.319 e. The Morgan fingerprint density at radius 1 is 1.38 bits per heavy atom. The average molecular weight is 245 g/mol. The van der Waals surface area contributed by atoms with Crippen LogP contribution in [0.5, 0.6) is 0 Å². The fraction of sp³-hybridized carbons (Fsp3) is 0. The van der Waals surface area contributed by atoms with Crippen LogP contribution in [0.15, 0.2) is 29.2 Å². The van der Waals surface area contributed by atoms with E-state index < -0.39 is 5.82 Å². The van der Waals surface area contributed by atoms with Gasteiger partial charge in [0.05, 0.1) is 11.7 Å². The summed E-state index contributed by atoms with van der Waals surface area (Å²) in [5, 5.41) is 0. The van der Waals surface area contributed by atoms with Gasteiger partial charge in [0.2, 0.25) is 0 Å². The Balaban J connectivity index is 0.000000845. The van der Waals surface area contributed by atoms with Crippen molar-refractivity contribution < 1.29 is 4.39 Å². The number of H-pyrrole nitrogens is 1. The van der Waals surface area contributed by atoms with E-state index in [-0.39, 0.29) is 28.1 Å². The molecule has 1 N–H and O–H groups in total. The molecule has 0 spiro atoms. The summed E-state index contributed by atoms with van der Waals surface area (Å²) >= 11 is 0. The zero-order chi connectivity index (χ0) is 8.55. The van der Waals surface area contributed by atoms with Crippen LogP contribution in [0.25, 0.3) is 11.0 Å². The second kappa shape index (κ2) is 3.66. The smallest absolute Gasteiger partial charge is 0.266 e. The van der Waals surface area contributed by atoms with E-state index in [2.05, 4.69) is 9.97 Å². The van der Waals surface area contributed by atoms with Crippen molar-refractivity contribution in [3.8, 4) is 0 Å². The highest BCUT2D eigenvalue weighted by atomic mass is 79.9. The molecule has 2 aromatic rings.